The van der Waals surface area contributed by atoms with Gasteiger partial charge in [0.1, 0.15) is 5.41 Å². The van der Waals surface area contributed by atoms with E-state index in [2.05, 4.69) is 20.9 Å². The number of hydrogen-bond donors (Lipinski definition) is 1. The average Bonchev–Trinajstić information content (AvgIpc) is 2.83. The maximum atomic E-state index is 13.9. The number of rotatable bonds is 5. The molecule has 1 saturated heterocycles. The van der Waals surface area contributed by atoms with Crippen LogP contribution in [-0.2, 0) is 15.0 Å². The summed E-state index contributed by atoms with van der Waals surface area (Å²) < 4.78 is 13.9. The number of amides is 2. The molecule has 174 valence electrons. The van der Waals surface area contributed by atoms with Gasteiger partial charge < -0.3 is 15.5 Å². The summed E-state index contributed by atoms with van der Waals surface area (Å²) in [4.78, 5) is 35.4. The molecule has 0 radical (unpaired) electrons. The lowest BCUT2D eigenvalue weighted by Gasteiger charge is -2.36. The molecule has 1 atom stereocenters. The average molecular weight is 461 g/mol. The Labute approximate surface area is 197 Å². The van der Waals surface area contributed by atoms with Crippen molar-refractivity contribution in [1.82, 2.24) is 14.9 Å². The summed E-state index contributed by atoms with van der Waals surface area (Å²) in [6.07, 6.45) is 6.80. The van der Waals surface area contributed by atoms with Crippen LogP contribution < -0.4 is 10.6 Å². The van der Waals surface area contributed by atoms with Gasteiger partial charge in [-0.3, -0.25) is 14.6 Å². The first-order chi connectivity index (χ1) is 16.3. The molecule has 1 fully saturated rings. The number of piperazine rings is 1. The number of nitriles is 1. The molecular formula is C25H25FN6O2. The largest absolute Gasteiger partial charge is 0.369 e. The van der Waals surface area contributed by atoms with Gasteiger partial charge in [0.15, 0.2) is 0 Å². The van der Waals surface area contributed by atoms with Gasteiger partial charge in [-0.1, -0.05) is 17.7 Å². The maximum Gasteiger partial charge on any atom is 0.221 e. The highest BCUT2D eigenvalue weighted by molar-refractivity contribution is 5.83. The molecule has 1 aliphatic heterocycles. The van der Waals surface area contributed by atoms with E-state index in [-0.39, 0.29) is 18.7 Å². The van der Waals surface area contributed by atoms with Crippen molar-refractivity contribution in [2.24, 2.45) is 5.73 Å². The van der Waals surface area contributed by atoms with Crippen molar-refractivity contribution >= 4 is 23.1 Å². The summed E-state index contributed by atoms with van der Waals surface area (Å²) in [6.45, 7) is 4.23. The number of anilines is 1. The van der Waals surface area contributed by atoms with Crippen LogP contribution in [0.3, 0.4) is 0 Å². The summed E-state index contributed by atoms with van der Waals surface area (Å²) in [7, 11) is 0. The Balaban J connectivity index is 1.68. The quantitative estimate of drug-likeness (QED) is 0.685. The monoisotopic (exact) mass is 460 g/mol. The first-order valence-electron chi connectivity index (χ1n) is 11.0. The van der Waals surface area contributed by atoms with Crippen LogP contribution in [0.15, 0.2) is 54.4 Å². The number of nitrogens with zero attached hydrogens (tertiary/aromatic N) is 5. The molecule has 4 rings (SSSR count). The van der Waals surface area contributed by atoms with E-state index in [4.69, 9.17) is 5.73 Å². The van der Waals surface area contributed by atoms with E-state index in [0.29, 0.717) is 48.6 Å². The second kappa shape index (κ2) is 9.43. The Morgan fingerprint density at radius 3 is 2.53 bits per heavy atom. The summed E-state index contributed by atoms with van der Waals surface area (Å²) in [6, 6.07) is 9.04. The second-order valence-electron chi connectivity index (χ2n) is 8.50. The standard InChI is InChI=1S/C25H25FN6O2/c1-17(33)31-8-10-32(11-9-31)20-3-5-22(30-15-20)25(16-27)14-18(12-24(28)34)2-4-21(25)19-6-7-29-23(26)13-19/h2-7,13,15H,8-12,14H2,1H3,(H2,28,34). The molecule has 1 unspecified atom stereocenters. The third kappa shape index (κ3) is 4.53. The molecule has 0 saturated carbocycles. The van der Waals surface area contributed by atoms with Crippen molar-refractivity contribution < 1.29 is 14.0 Å². The second-order valence-corrected chi connectivity index (χ2v) is 8.50. The molecule has 2 N–H and O–H groups in total. The first-order valence-corrected chi connectivity index (χ1v) is 11.0. The summed E-state index contributed by atoms with van der Waals surface area (Å²) in [5.41, 5.74) is 7.38. The number of aromatic nitrogens is 2. The van der Waals surface area contributed by atoms with Crippen molar-refractivity contribution in [2.45, 2.75) is 25.2 Å². The lowest BCUT2D eigenvalue weighted by atomic mass is 9.68. The number of hydrogen-bond acceptors (Lipinski definition) is 6. The zero-order valence-electron chi connectivity index (χ0n) is 18.9. The fourth-order valence-electron chi connectivity index (χ4n) is 4.59. The Morgan fingerprint density at radius 1 is 1.18 bits per heavy atom. The van der Waals surface area contributed by atoms with E-state index in [1.54, 1.807) is 37.4 Å². The minimum absolute atomic E-state index is 0.0242. The van der Waals surface area contributed by atoms with Gasteiger partial charge in [-0.15, -0.1) is 0 Å². The number of pyridine rings is 2. The minimum Gasteiger partial charge on any atom is -0.369 e. The molecular weight excluding hydrogens is 435 g/mol. The van der Waals surface area contributed by atoms with Gasteiger partial charge in [0.2, 0.25) is 17.8 Å². The van der Waals surface area contributed by atoms with Crippen LogP contribution in [-0.4, -0.2) is 52.9 Å². The van der Waals surface area contributed by atoms with Gasteiger partial charge in [-0.2, -0.15) is 9.65 Å². The summed E-state index contributed by atoms with van der Waals surface area (Å²) in [5.74, 6) is -1.07. The Hall–Kier alpha value is -4.06. The molecule has 2 amide bonds. The smallest absolute Gasteiger partial charge is 0.221 e. The summed E-state index contributed by atoms with van der Waals surface area (Å²) in [5, 5.41) is 10.4. The lowest BCUT2D eigenvalue weighted by molar-refractivity contribution is -0.129. The normalized spacial score (nSPS) is 20.3. The number of primary amides is 1. The van der Waals surface area contributed by atoms with Crippen LogP contribution in [0.5, 0.6) is 0 Å². The molecule has 0 bridgehead atoms. The van der Waals surface area contributed by atoms with Crippen molar-refractivity contribution in [1.29, 1.82) is 5.26 Å². The molecule has 9 heteroatoms. The topological polar surface area (TPSA) is 116 Å². The Kier molecular flexibility index (Phi) is 6.41. The fourth-order valence-corrected chi connectivity index (χ4v) is 4.59. The molecule has 0 aromatic carbocycles. The highest BCUT2D eigenvalue weighted by Crippen LogP contribution is 2.45. The lowest BCUT2D eigenvalue weighted by Crippen LogP contribution is -2.48. The SMILES string of the molecule is CC(=O)N1CCN(c2ccc(C3(C#N)CC(CC(N)=O)=CC=C3c3ccnc(F)c3)nc2)CC1. The van der Waals surface area contributed by atoms with E-state index in [9.17, 15) is 19.2 Å². The number of allylic oxidation sites excluding steroid dienone is 3. The van der Waals surface area contributed by atoms with Crippen molar-refractivity contribution in [3.05, 3.63) is 71.6 Å². The Bertz CT molecular complexity index is 1210. The van der Waals surface area contributed by atoms with Crippen LogP contribution in [0.25, 0.3) is 5.57 Å². The third-order valence-electron chi connectivity index (χ3n) is 6.34. The number of carbonyl (C=O) groups excluding carboxylic acids is 2. The van der Waals surface area contributed by atoms with E-state index in [1.165, 1.54) is 12.3 Å². The zero-order valence-corrected chi connectivity index (χ0v) is 18.9. The maximum absolute atomic E-state index is 13.9. The summed E-state index contributed by atoms with van der Waals surface area (Å²) >= 11 is 0. The molecule has 3 heterocycles. The molecule has 2 aromatic rings. The van der Waals surface area contributed by atoms with E-state index >= 15 is 0 Å². The molecule has 1 aliphatic carbocycles. The van der Waals surface area contributed by atoms with Gasteiger partial charge in [0.05, 0.1) is 23.6 Å². The van der Waals surface area contributed by atoms with Gasteiger partial charge in [0, 0.05) is 51.8 Å². The van der Waals surface area contributed by atoms with E-state index < -0.39 is 17.3 Å². The van der Waals surface area contributed by atoms with Crippen molar-refractivity contribution in [2.75, 3.05) is 31.1 Å². The highest BCUT2D eigenvalue weighted by atomic mass is 19.1. The number of nitrogens with two attached hydrogens (primary N) is 1. The van der Waals surface area contributed by atoms with Gasteiger partial charge in [0.25, 0.3) is 0 Å². The minimum atomic E-state index is -1.22. The zero-order chi connectivity index (χ0) is 24.3. The molecule has 2 aromatic heterocycles. The van der Waals surface area contributed by atoms with Crippen molar-refractivity contribution in [3.8, 4) is 6.07 Å². The molecule has 8 nitrogen and oxygen atoms in total. The number of halogens is 1. The molecule has 34 heavy (non-hydrogen) atoms. The van der Waals surface area contributed by atoms with Gasteiger partial charge in [-0.25, -0.2) is 4.98 Å². The first kappa shape index (κ1) is 23.1. The van der Waals surface area contributed by atoms with Crippen LogP contribution in [0, 0.1) is 17.3 Å². The van der Waals surface area contributed by atoms with Crippen LogP contribution in [0.1, 0.15) is 31.0 Å². The van der Waals surface area contributed by atoms with Gasteiger partial charge >= 0.3 is 0 Å². The highest BCUT2D eigenvalue weighted by Gasteiger charge is 2.41. The van der Waals surface area contributed by atoms with Crippen molar-refractivity contribution in [3.63, 3.8) is 0 Å². The predicted molar refractivity (Wildman–Crippen MR) is 125 cm³/mol. The number of carbonyl (C=O) groups is 2. The van der Waals surface area contributed by atoms with Gasteiger partial charge in [-0.05, 0) is 35.8 Å². The van der Waals surface area contributed by atoms with Crippen LogP contribution in [0.4, 0.5) is 10.1 Å². The van der Waals surface area contributed by atoms with Crippen LogP contribution in [0.2, 0.25) is 0 Å². The van der Waals surface area contributed by atoms with Crippen LogP contribution >= 0.6 is 0 Å². The predicted octanol–water partition coefficient (Wildman–Crippen LogP) is 2.33. The van der Waals surface area contributed by atoms with E-state index in [0.717, 1.165) is 5.69 Å². The Morgan fingerprint density at radius 2 is 1.94 bits per heavy atom. The molecule has 0 spiro atoms. The van der Waals surface area contributed by atoms with E-state index in [1.807, 2.05) is 11.0 Å². The fraction of sp³-hybridized carbons (Fsp3) is 0.320. The molecule has 2 aliphatic rings. The third-order valence-corrected chi connectivity index (χ3v) is 6.34.